The van der Waals surface area contributed by atoms with E-state index >= 15 is 0 Å². The van der Waals surface area contributed by atoms with Crippen molar-refractivity contribution >= 4 is 102 Å². The Morgan fingerprint density at radius 2 is 0.870 bits per heavy atom. The summed E-state index contributed by atoms with van der Waals surface area (Å²) in [4.78, 5) is 7.53. The van der Waals surface area contributed by atoms with Gasteiger partial charge in [-0.3, -0.25) is 0 Å². The topological polar surface area (TPSA) is 16.1 Å². The van der Waals surface area contributed by atoms with Crippen molar-refractivity contribution in [2.24, 2.45) is 0 Å². The van der Waals surface area contributed by atoms with E-state index in [0.717, 1.165) is 27.6 Å². The zero-order chi connectivity index (χ0) is 35.6. The van der Waals surface area contributed by atoms with Crippen LogP contribution in [-0.4, -0.2) is 4.98 Å². The Morgan fingerprint density at radius 3 is 1.63 bits per heavy atom. The lowest BCUT2D eigenvalue weighted by Gasteiger charge is -2.26. The summed E-state index contributed by atoms with van der Waals surface area (Å²) in [5.41, 5.74) is 10.5. The van der Waals surface area contributed by atoms with Gasteiger partial charge in [0.2, 0.25) is 0 Å². The number of thiophene rings is 2. The van der Waals surface area contributed by atoms with Crippen LogP contribution in [0.1, 0.15) is 0 Å². The molecular weight excluding hydrogens is 713 g/mol. The van der Waals surface area contributed by atoms with E-state index in [1.807, 2.05) is 22.7 Å². The number of fused-ring (bicyclic) bond motifs is 8. The standard InChI is InChI=1S/C49H30N2S3/c1-3-9-31(10-4-1)32-15-20-36(21-16-32)51(38-24-26-40-39-13-7-8-14-42(39)52-46(40)30-38)37-22-17-33(18-23-37)35-19-25-41-45(29-35)53-43-27-28-44-48(47(41)43)50-49(54-44)34-11-5-2-6-12-34/h1-30H. The minimum Gasteiger partial charge on any atom is -0.310 e. The lowest BCUT2D eigenvalue weighted by molar-refractivity contribution is 1.29. The Morgan fingerprint density at radius 1 is 0.333 bits per heavy atom. The number of rotatable bonds is 6. The van der Waals surface area contributed by atoms with Gasteiger partial charge in [0, 0.05) is 63.0 Å². The third-order valence-electron chi connectivity index (χ3n) is 10.3. The van der Waals surface area contributed by atoms with Gasteiger partial charge < -0.3 is 4.90 Å². The van der Waals surface area contributed by atoms with E-state index in [4.69, 9.17) is 4.98 Å². The van der Waals surface area contributed by atoms with Crippen molar-refractivity contribution in [3.63, 3.8) is 0 Å². The second-order valence-corrected chi connectivity index (χ2v) is 16.8. The molecule has 0 N–H and O–H groups in total. The Balaban J connectivity index is 0.977. The van der Waals surface area contributed by atoms with Crippen LogP contribution in [0.5, 0.6) is 0 Å². The SMILES string of the molecule is c1ccc(-c2ccc(N(c3ccc(-c4ccc5c(c4)sc4ccc6sc(-c7ccccc7)nc6c45)cc3)c3ccc4c(c3)sc3ccccc34)cc2)cc1. The van der Waals surface area contributed by atoms with Crippen molar-refractivity contribution in [1.82, 2.24) is 4.98 Å². The predicted molar refractivity (Wildman–Crippen MR) is 236 cm³/mol. The van der Waals surface area contributed by atoms with Gasteiger partial charge in [0.1, 0.15) is 5.01 Å². The maximum atomic E-state index is 5.16. The number of hydrogen-bond donors (Lipinski definition) is 0. The van der Waals surface area contributed by atoms with Crippen LogP contribution in [0.15, 0.2) is 182 Å². The Bertz CT molecular complexity index is 3140. The maximum absolute atomic E-state index is 5.16. The van der Waals surface area contributed by atoms with E-state index in [-0.39, 0.29) is 0 Å². The first-order valence-corrected chi connectivity index (χ1v) is 20.5. The summed E-state index contributed by atoms with van der Waals surface area (Å²) in [7, 11) is 0. The highest BCUT2D eigenvalue weighted by molar-refractivity contribution is 7.27. The van der Waals surface area contributed by atoms with E-state index in [0.29, 0.717) is 0 Å². The molecule has 3 heterocycles. The zero-order valence-corrected chi connectivity index (χ0v) is 31.4. The van der Waals surface area contributed by atoms with Gasteiger partial charge in [0.05, 0.1) is 10.2 Å². The molecule has 3 aromatic heterocycles. The first-order chi connectivity index (χ1) is 26.7. The first kappa shape index (κ1) is 31.4. The van der Waals surface area contributed by atoms with Crippen molar-refractivity contribution in [3.8, 4) is 32.8 Å². The van der Waals surface area contributed by atoms with Crippen molar-refractivity contribution in [1.29, 1.82) is 0 Å². The molecule has 0 bridgehead atoms. The summed E-state index contributed by atoms with van der Waals surface area (Å²) < 4.78 is 6.39. The van der Waals surface area contributed by atoms with Gasteiger partial charge >= 0.3 is 0 Å². The second kappa shape index (κ2) is 12.8. The molecule has 0 aliphatic rings. The molecule has 11 rings (SSSR count). The summed E-state index contributed by atoms with van der Waals surface area (Å²) in [6.07, 6.45) is 0. The molecule has 0 spiro atoms. The molecule has 2 nitrogen and oxygen atoms in total. The predicted octanol–water partition coefficient (Wildman–Crippen LogP) is 15.5. The van der Waals surface area contributed by atoms with Crippen LogP contribution in [0.3, 0.4) is 0 Å². The second-order valence-electron chi connectivity index (χ2n) is 13.6. The van der Waals surface area contributed by atoms with Crippen LogP contribution in [-0.2, 0) is 0 Å². The smallest absolute Gasteiger partial charge is 0.124 e. The summed E-state index contributed by atoms with van der Waals surface area (Å²) in [6.45, 7) is 0. The zero-order valence-electron chi connectivity index (χ0n) is 28.9. The molecule has 0 aliphatic heterocycles. The molecule has 0 saturated heterocycles. The Kier molecular flexibility index (Phi) is 7.44. The van der Waals surface area contributed by atoms with Gasteiger partial charge in [-0.25, -0.2) is 4.98 Å². The molecule has 54 heavy (non-hydrogen) atoms. The Hall–Kier alpha value is -6.11. The number of nitrogens with zero attached hydrogens (tertiary/aromatic N) is 2. The van der Waals surface area contributed by atoms with Crippen LogP contribution in [0.2, 0.25) is 0 Å². The first-order valence-electron chi connectivity index (χ1n) is 18.0. The van der Waals surface area contributed by atoms with Gasteiger partial charge in [0.15, 0.2) is 0 Å². The Labute approximate surface area is 324 Å². The highest BCUT2D eigenvalue weighted by Gasteiger charge is 2.17. The fraction of sp³-hybridized carbons (Fsp3) is 0. The molecule has 0 radical (unpaired) electrons. The molecule has 0 amide bonds. The third-order valence-corrected chi connectivity index (χ3v) is 13.6. The molecule has 0 aliphatic carbocycles. The van der Waals surface area contributed by atoms with Crippen LogP contribution in [0.4, 0.5) is 17.1 Å². The minimum atomic E-state index is 1.07. The third kappa shape index (κ3) is 5.32. The normalized spacial score (nSPS) is 11.7. The molecule has 11 aromatic rings. The van der Waals surface area contributed by atoms with Crippen LogP contribution in [0, 0.1) is 0 Å². The van der Waals surface area contributed by atoms with E-state index in [1.54, 1.807) is 11.3 Å². The van der Waals surface area contributed by atoms with Crippen molar-refractivity contribution in [2.75, 3.05) is 4.90 Å². The fourth-order valence-electron chi connectivity index (χ4n) is 7.67. The summed E-state index contributed by atoms with van der Waals surface area (Å²) in [5.74, 6) is 0. The van der Waals surface area contributed by atoms with E-state index in [1.165, 1.54) is 72.9 Å². The van der Waals surface area contributed by atoms with Crippen LogP contribution >= 0.6 is 34.0 Å². The van der Waals surface area contributed by atoms with Gasteiger partial charge in [-0.15, -0.1) is 34.0 Å². The molecule has 0 fully saturated rings. The number of thiazole rings is 1. The lowest BCUT2D eigenvalue weighted by Crippen LogP contribution is -2.09. The average molecular weight is 743 g/mol. The van der Waals surface area contributed by atoms with Gasteiger partial charge in [0.25, 0.3) is 0 Å². The van der Waals surface area contributed by atoms with Crippen molar-refractivity contribution < 1.29 is 0 Å². The number of benzene rings is 8. The summed E-state index contributed by atoms with van der Waals surface area (Å²) in [5, 5.41) is 6.22. The molecule has 254 valence electrons. The monoisotopic (exact) mass is 742 g/mol. The number of anilines is 3. The van der Waals surface area contributed by atoms with E-state index in [9.17, 15) is 0 Å². The van der Waals surface area contributed by atoms with Crippen molar-refractivity contribution in [3.05, 3.63) is 182 Å². The minimum absolute atomic E-state index is 1.07. The van der Waals surface area contributed by atoms with Gasteiger partial charge in [-0.2, -0.15) is 0 Å². The van der Waals surface area contributed by atoms with Gasteiger partial charge in [-0.1, -0.05) is 121 Å². The molecule has 0 saturated carbocycles. The molecule has 5 heteroatoms. The van der Waals surface area contributed by atoms with Crippen LogP contribution < -0.4 is 4.90 Å². The summed E-state index contributed by atoms with van der Waals surface area (Å²) >= 11 is 5.48. The fourth-order valence-corrected chi connectivity index (χ4v) is 10.9. The largest absolute Gasteiger partial charge is 0.310 e. The van der Waals surface area contributed by atoms with Crippen LogP contribution in [0.25, 0.3) is 83.4 Å². The highest BCUT2D eigenvalue weighted by Crippen LogP contribution is 2.44. The molecule has 0 unspecified atom stereocenters. The number of aromatic nitrogens is 1. The van der Waals surface area contributed by atoms with E-state index in [2.05, 4.69) is 187 Å². The summed E-state index contributed by atoms with van der Waals surface area (Å²) in [6, 6.07) is 66.0. The van der Waals surface area contributed by atoms with Gasteiger partial charge in [-0.05, 0) is 82.9 Å². The highest BCUT2D eigenvalue weighted by atomic mass is 32.1. The van der Waals surface area contributed by atoms with Crippen molar-refractivity contribution in [2.45, 2.75) is 0 Å². The molecule has 0 atom stereocenters. The number of hydrogen-bond acceptors (Lipinski definition) is 5. The quantitative estimate of drug-likeness (QED) is 0.169. The molecular formula is C49H30N2S3. The lowest BCUT2D eigenvalue weighted by atomic mass is 10.0. The van der Waals surface area contributed by atoms with E-state index < -0.39 is 0 Å². The maximum Gasteiger partial charge on any atom is 0.124 e. The average Bonchev–Trinajstić information content (AvgIpc) is 3.95. The molecule has 8 aromatic carbocycles.